The van der Waals surface area contributed by atoms with Crippen LogP contribution in [0.3, 0.4) is 0 Å². The standard InChI is InChI=1S/C28H32ClFN8O2S/c1-14-12-18(15(2)31-20-6-7-21(29)32-25(20)26(39)36-41-5)24-19(13-14)27(40)37(4)28(33-24)38-10-8-17(9-11-38)23-22(30)16(3)34-35-23/h6-7,12-13,15,17,31H,8-11H2,1-5H3,(H,34,35)(H,36,39). The number of piperidine rings is 1. The summed E-state index contributed by atoms with van der Waals surface area (Å²) in [5.74, 6) is -0.0794. The maximum Gasteiger partial charge on any atom is 0.281 e. The SMILES string of the molecule is CSNC(=O)c1nc(Cl)ccc1NC(C)c1cc(C)cc2c(=O)n(C)c(N3CCC(c4n[nH]c(C)c4F)CC3)nc12. The number of H-pyrrole nitrogens is 1. The summed E-state index contributed by atoms with van der Waals surface area (Å²) in [6.45, 7) is 6.78. The molecule has 1 saturated heterocycles. The summed E-state index contributed by atoms with van der Waals surface area (Å²) in [5, 5.41) is 11.0. The van der Waals surface area contributed by atoms with E-state index in [-0.39, 0.29) is 40.1 Å². The number of aromatic nitrogens is 5. The van der Waals surface area contributed by atoms with Crippen molar-refractivity contribution in [3.8, 4) is 0 Å². The molecule has 1 atom stereocenters. The molecule has 0 spiro atoms. The van der Waals surface area contributed by atoms with Crippen molar-refractivity contribution in [3.05, 3.63) is 73.8 Å². The second-order valence-electron chi connectivity index (χ2n) is 10.4. The molecule has 0 bridgehead atoms. The second kappa shape index (κ2) is 11.7. The van der Waals surface area contributed by atoms with Gasteiger partial charge in [-0.25, -0.2) is 14.4 Å². The number of nitrogens with one attached hydrogen (secondary N) is 3. The van der Waals surface area contributed by atoms with Crippen LogP contribution in [-0.4, -0.2) is 50.0 Å². The molecule has 0 aliphatic carbocycles. The van der Waals surface area contributed by atoms with Crippen LogP contribution in [-0.2, 0) is 7.05 Å². The third-order valence-electron chi connectivity index (χ3n) is 7.50. The molecule has 0 radical (unpaired) electrons. The van der Waals surface area contributed by atoms with Crippen LogP contribution in [0.5, 0.6) is 0 Å². The van der Waals surface area contributed by atoms with E-state index in [9.17, 15) is 14.0 Å². The number of carbonyl (C=O) groups is 1. The Morgan fingerprint density at radius 1 is 1.22 bits per heavy atom. The summed E-state index contributed by atoms with van der Waals surface area (Å²) in [6.07, 6.45) is 3.14. The molecule has 1 aliphatic heterocycles. The van der Waals surface area contributed by atoms with Crippen LogP contribution in [0.1, 0.15) is 64.7 Å². The molecule has 1 fully saturated rings. The Balaban J connectivity index is 1.49. The topological polar surface area (TPSA) is 121 Å². The first-order valence-electron chi connectivity index (χ1n) is 13.3. The fraction of sp³-hybridized carbons (Fsp3) is 0.393. The Kier molecular flexibility index (Phi) is 8.23. The van der Waals surface area contributed by atoms with Crippen LogP contribution in [0, 0.1) is 19.7 Å². The number of fused-ring (bicyclic) bond motifs is 1. The number of aryl methyl sites for hydroxylation is 2. The minimum atomic E-state index is -0.369. The normalized spacial score (nSPS) is 14.9. The zero-order valence-electron chi connectivity index (χ0n) is 23.5. The molecule has 1 aliphatic rings. The number of carbonyl (C=O) groups excluding carboxylic acids is 1. The molecule has 3 aromatic heterocycles. The van der Waals surface area contributed by atoms with Gasteiger partial charge in [-0.05, 0) is 57.4 Å². The van der Waals surface area contributed by atoms with Gasteiger partial charge in [0.1, 0.15) is 10.8 Å². The number of hydrogen-bond acceptors (Lipinski definition) is 8. The zero-order chi connectivity index (χ0) is 29.4. The first kappa shape index (κ1) is 28.9. The first-order chi connectivity index (χ1) is 19.6. The monoisotopic (exact) mass is 598 g/mol. The highest BCUT2D eigenvalue weighted by molar-refractivity contribution is 7.97. The molecule has 1 aromatic carbocycles. The van der Waals surface area contributed by atoms with Crippen LogP contribution in [0.4, 0.5) is 16.0 Å². The number of pyridine rings is 1. The number of rotatable bonds is 7. The molecule has 4 heterocycles. The summed E-state index contributed by atoms with van der Waals surface area (Å²) in [4.78, 5) is 37.6. The lowest BCUT2D eigenvalue weighted by atomic mass is 9.93. The summed E-state index contributed by atoms with van der Waals surface area (Å²) in [6, 6.07) is 6.85. The molecule has 216 valence electrons. The van der Waals surface area contributed by atoms with Crippen LogP contribution < -0.4 is 20.5 Å². The predicted octanol–water partition coefficient (Wildman–Crippen LogP) is 5.03. The Morgan fingerprint density at radius 3 is 2.61 bits per heavy atom. The lowest BCUT2D eigenvalue weighted by molar-refractivity contribution is 0.0980. The number of halogens is 2. The van der Waals surface area contributed by atoms with Crippen molar-refractivity contribution in [3.63, 3.8) is 0 Å². The molecular formula is C28H32ClFN8O2S. The average molecular weight is 599 g/mol. The van der Waals surface area contributed by atoms with Crippen molar-refractivity contribution in [1.82, 2.24) is 29.5 Å². The van der Waals surface area contributed by atoms with Gasteiger partial charge in [0.25, 0.3) is 11.5 Å². The number of anilines is 2. The molecule has 0 saturated carbocycles. The Morgan fingerprint density at radius 2 is 1.95 bits per heavy atom. The van der Waals surface area contributed by atoms with E-state index in [2.05, 4.69) is 30.1 Å². The maximum absolute atomic E-state index is 14.5. The molecule has 1 amide bonds. The Hall–Kier alpha value is -3.64. The summed E-state index contributed by atoms with van der Waals surface area (Å²) >= 11 is 7.26. The van der Waals surface area contributed by atoms with Gasteiger partial charge in [0.2, 0.25) is 5.95 Å². The van der Waals surface area contributed by atoms with Gasteiger partial charge in [0.05, 0.1) is 28.3 Å². The van der Waals surface area contributed by atoms with Gasteiger partial charge in [-0.3, -0.25) is 24.0 Å². The van der Waals surface area contributed by atoms with Crippen LogP contribution in [0.25, 0.3) is 10.9 Å². The van der Waals surface area contributed by atoms with Gasteiger partial charge in [0.15, 0.2) is 11.5 Å². The molecule has 5 rings (SSSR count). The molecular weight excluding hydrogens is 567 g/mol. The van der Waals surface area contributed by atoms with E-state index in [1.807, 2.05) is 26.0 Å². The molecule has 1 unspecified atom stereocenters. The predicted molar refractivity (Wildman–Crippen MR) is 161 cm³/mol. The lowest BCUT2D eigenvalue weighted by Gasteiger charge is -2.33. The van der Waals surface area contributed by atoms with Gasteiger partial charge in [-0.1, -0.05) is 29.6 Å². The molecule has 41 heavy (non-hydrogen) atoms. The molecule has 3 N–H and O–H groups in total. The average Bonchev–Trinajstić information content (AvgIpc) is 3.29. The van der Waals surface area contributed by atoms with Crippen LogP contribution >= 0.6 is 23.5 Å². The van der Waals surface area contributed by atoms with Gasteiger partial charge < -0.3 is 10.2 Å². The van der Waals surface area contributed by atoms with Crippen LogP contribution in [0.15, 0.2) is 29.1 Å². The zero-order valence-corrected chi connectivity index (χ0v) is 25.1. The quantitative estimate of drug-likeness (QED) is 0.200. The van der Waals surface area contributed by atoms with E-state index >= 15 is 0 Å². The third kappa shape index (κ3) is 5.62. The van der Waals surface area contributed by atoms with Gasteiger partial charge in [-0.2, -0.15) is 5.10 Å². The fourth-order valence-corrected chi connectivity index (χ4v) is 5.82. The third-order valence-corrected chi connectivity index (χ3v) is 8.10. The second-order valence-corrected chi connectivity index (χ2v) is 11.4. The van der Waals surface area contributed by atoms with Gasteiger partial charge in [-0.15, -0.1) is 0 Å². The summed E-state index contributed by atoms with van der Waals surface area (Å²) < 4.78 is 18.8. The number of nitrogens with zero attached hydrogens (tertiary/aromatic N) is 5. The maximum atomic E-state index is 14.5. The smallest absolute Gasteiger partial charge is 0.281 e. The first-order valence-corrected chi connectivity index (χ1v) is 14.9. The summed E-state index contributed by atoms with van der Waals surface area (Å²) in [5.41, 5.74) is 3.77. The van der Waals surface area contributed by atoms with Crippen molar-refractivity contribution in [2.45, 2.75) is 45.6 Å². The number of hydrogen-bond donors (Lipinski definition) is 3. The van der Waals surface area contributed by atoms with Crippen molar-refractivity contribution >= 4 is 52.0 Å². The largest absolute Gasteiger partial charge is 0.377 e. The van der Waals surface area contributed by atoms with E-state index in [0.29, 0.717) is 59.9 Å². The van der Waals surface area contributed by atoms with Crippen molar-refractivity contribution < 1.29 is 9.18 Å². The summed E-state index contributed by atoms with van der Waals surface area (Å²) in [7, 11) is 1.73. The molecule has 4 aromatic rings. The Labute approximate surface area is 246 Å². The van der Waals surface area contributed by atoms with E-state index < -0.39 is 0 Å². The van der Waals surface area contributed by atoms with E-state index in [4.69, 9.17) is 16.6 Å². The minimum absolute atomic E-state index is 0.00149. The van der Waals surface area contributed by atoms with Crippen molar-refractivity contribution in [2.75, 3.05) is 29.6 Å². The van der Waals surface area contributed by atoms with E-state index in [1.54, 1.807) is 36.9 Å². The minimum Gasteiger partial charge on any atom is -0.377 e. The molecule has 13 heteroatoms. The number of benzene rings is 1. The van der Waals surface area contributed by atoms with Crippen LogP contribution in [0.2, 0.25) is 5.15 Å². The van der Waals surface area contributed by atoms with Gasteiger partial charge in [0, 0.05) is 37.9 Å². The highest BCUT2D eigenvalue weighted by atomic mass is 35.5. The number of aromatic amines is 1. The highest BCUT2D eigenvalue weighted by Gasteiger charge is 2.28. The van der Waals surface area contributed by atoms with Crippen molar-refractivity contribution in [1.29, 1.82) is 0 Å². The fourth-order valence-electron chi connectivity index (χ4n) is 5.39. The van der Waals surface area contributed by atoms with E-state index in [0.717, 1.165) is 11.1 Å². The van der Waals surface area contributed by atoms with Gasteiger partial charge >= 0.3 is 0 Å². The number of amides is 1. The van der Waals surface area contributed by atoms with Crippen molar-refractivity contribution in [2.24, 2.45) is 7.05 Å². The lowest BCUT2D eigenvalue weighted by Crippen LogP contribution is -2.38. The molecule has 10 nitrogen and oxygen atoms in total. The highest BCUT2D eigenvalue weighted by Crippen LogP contribution is 2.33. The Bertz CT molecular complexity index is 1680. The van der Waals surface area contributed by atoms with E-state index in [1.165, 1.54) is 11.9 Å².